The second-order valence-electron chi connectivity index (χ2n) is 7.77. The first-order chi connectivity index (χ1) is 14.7. The van der Waals surface area contributed by atoms with E-state index < -0.39 is 12.1 Å². The molecule has 0 amide bonds. The van der Waals surface area contributed by atoms with Crippen molar-refractivity contribution in [2.45, 2.75) is 50.7 Å². The molecular formula is C20H26F3N3O4S. The third-order valence-corrected chi connectivity index (χ3v) is 6.12. The third-order valence-electron chi connectivity index (χ3n) is 5.14. The summed E-state index contributed by atoms with van der Waals surface area (Å²) in [5, 5.41) is 11.4. The van der Waals surface area contributed by atoms with Crippen LogP contribution < -0.4 is 0 Å². The molecule has 1 N–H and O–H groups in total. The Morgan fingerprint density at radius 1 is 1.42 bits per heavy atom. The van der Waals surface area contributed by atoms with Crippen LogP contribution in [0.3, 0.4) is 0 Å². The van der Waals surface area contributed by atoms with Gasteiger partial charge in [0.25, 0.3) is 0 Å². The second kappa shape index (κ2) is 10.1. The van der Waals surface area contributed by atoms with Crippen molar-refractivity contribution in [3.63, 3.8) is 0 Å². The van der Waals surface area contributed by atoms with Gasteiger partial charge in [-0.25, -0.2) is 4.79 Å². The molecule has 2 unspecified atom stereocenters. The van der Waals surface area contributed by atoms with Crippen molar-refractivity contribution >= 4 is 17.3 Å². The summed E-state index contributed by atoms with van der Waals surface area (Å²) >= 11 is 1.89. The molecule has 0 saturated carbocycles. The molecular weight excluding hydrogens is 435 g/mol. The normalized spacial score (nSPS) is 24.6. The lowest BCUT2D eigenvalue weighted by atomic mass is 10.00. The average molecular weight is 462 g/mol. The number of halogens is 3. The molecule has 0 aromatic carbocycles. The number of thiophene rings is 1. The predicted molar refractivity (Wildman–Crippen MR) is 108 cm³/mol. The molecule has 2 fully saturated rings. The van der Waals surface area contributed by atoms with Gasteiger partial charge in [-0.3, -0.25) is 9.58 Å². The van der Waals surface area contributed by atoms with Gasteiger partial charge in [0, 0.05) is 41.8 Å². The number of nitrogens with zero attached hydrogens (tertiary/aromatic N) is 3. The Morgan fingerprint density at radius 3 is 2.81 bits per heavy atom. The average Bonchev–Trinajstić information content (AvgIpc) is 3.39. The maximum Gasteiger partial charge on any atom is 0.490 e. The van der Waals surface area contributed by atoms with E-state index in [0.717, 1.165) is 45.6 Å². The summed E-state index contributed by atoms with van der Waals surface area (Å²) in [6.45, 7) is 7.43. The van der Waals surface area contributed by atoms with E-state index in [9.17, 15) is 13.2 Å². The van der Waals surface area contributed by atoms with Crippen molar-refractivity contribution in [3.8, 4) is 0 Å². The molecule has 2 aromatic heterocycles. The predicted octanol–water partition coefficient (Wildman–Crippen LogP) is 3.34. The van der Waals surface area contributed by atoms with Gasteiger partial charge in [-0.2, -0.15) is 18.3 Å². The van der Waals surface area contributed by atoms with Gasteiger partial charge in [0.1, 0.15) is 5.60 Å². The summed E-state index contributed by atoms with van der Waals surface area (Å²) in [4.78, 5) is 14.2. The van der Waals surface area contributed by atoms with Crippen LogP contribution >= 0.6 is 11.3 Å². The minimum absolute atomic E-state index is 0.152. The lowest BCUT2D eigenvalue weighted by molar-refractivity contribution is -0.192. The Morgan fingerprint density at radius 2 is 2.19 bits per heavy atom. The Bertz CT molecular complexity index is 843. The zero-order valence-corrected chi connectivity index (χ0v) is 18.0. The van der Waals surface area contributed by atoms with E-state index in [1.165, 1.54) is 9.75 Å². The number of carbonyl (C=O) groups is 1. The van der Waals surface area contributed by atoms with Crippen LogP contribution in [0.2, 0.25) is 0 Å². The minimum Gasteiger partial charge on any atom is -0.475 e. The fourth-order valence-corrected chi connectivity index (χ4v) is 4.71. The number of rotatable bonds is 4. The fourth-order valence-electron chi connectivity index (χ4n) is 3.77. The van der Waals surface area contributed by atoms with Crippen LogP contribution in [0.25, 0.3) is 0 Å². The number of alkyl halides is 3. The Hall–Kier alpha value is -1.95. The van der Waals surface area contributed by atoms with Crippen molar-refractivity contribution in [2.75, 3.05) is 26.3 Å². The third kappa shape index (κ3) is 7.03. The van der Waals surface area contributed by atoms with Crippen LogP contribution in [-0.4, -0.2) is 69.9 Å². The van der Waals surface area contributed by atoms with Crippen molar-refractivity contribution in [1.82, 2.24) is 14.7 Å². The number of ether oxygens (including phenoxy) is 2. The molecule has 7 nitrogen and oxygen atoms in total. The van der Waals surface area contributed by atoms with Gasteiger partial charge < -0.3 is 14.6 Å². The highest BCUT2D eigenvalue weighted by atomic mass is 32.1. The molecule has 31 heavy (non-hydrogen) atoms. The van der Waals surface area contributed by atoms with Crippen LogP contribution in [0.1, 0.15) is 22.6 Å². The molecule has 0 bridgehead atoms. The van der Waals surface area contributed by atoms with Gasteiger partial charge in [-0.05, 0) is 38.0 Å². The molecule has 172 valence electrons. The lowest BCUT2D eigenvalue weighted by Crippen LogP contribution is -2.44. The molecule has 0 aliphatic carbocycles. The molecule has 2 aliphatic heterocycles. The van der Waals surface area contributed by atoms with Crippen molar-refractivity contribution < 1.29 is 32.5 Å². The first-order valence-corrected chi connectivity index (χ1v) is 10.8. The van der Waals surface area contributed by atoms with E-state index in [0.29, 0.717) is 6.61 Å². The number of aryl methyl sites for hydroxylation is 1. The Kier molecular flexibility index (Phi) is 7.73. The summed E-state index contributed by atoms with van der Waals surface area (Å²) in [5.41, 5.74) is -0.152. The van der Waals surface area contributed by atoms with Gasteiger partial charge >= 0.3 is 12.1 Å². The number of aromatic nitrogens is 2. The maximum absolute atomic E-state index is 10.6. The standard InChI is InChI=1S/C18H25N3O2S.C2HF3O2/c1-15-3-4-17(24-15)12-20-9-10-22-14-18(13-20)6-5-16(23-18)11-21-8-2-7-19-21;3-2(4,5)1(6)7/h2-4,7-8,16H,5-6,9-14H2,1H3;(H,6,7). The largest absolute Gasteiger partial charge is 0.490 e. The molecule has 11 heteroatoms. The van der Waals surface area contributed by atoms with Crippen LogP contribution in [0.4, 0.5) is 13.2 Å². The molecule has 2 saturated heterocycles. The van der Waals surface area contributed by atoms with Gasteiger partial charge in [-0.1, -0.05) is 0 Å². The highest BCUT2D eigenvalue weighted by Crippen LogP contribution is 2.34. The van der Waals surface area contributed by atoms with E-state index >= 15 is 0 Å². The number of carboxylic acid groups (broad SMARTS) is 1. The zero-order valence-electron chi connectivity index (χ0n) is 17.2. The number of hydrogen-bond donors (Lipinski definition) is 1. The monoisotopic (exact) mass is 461 g/mol. The summed E-state index contributed by atoms with van der Waals surface area (Å²) in [6, 6.07) is 6.41. The van der Waals surface area contributed by atoms with E-state index in [4.69, 9.17) is 19.4 Å². The quantitative estimate of drug-likeness (QED) is 0.753. The van der Waals surface area contributed by atoms with Crippen LogP contribution in [0.5, 0.6) is 0 Å². The van der Waals surface area contributed by atoms with Crippen molar-refractivity contribution in [3.05, 3.63) is 40.3 Å². The molecule has 4 heterocycles. The molecule has 1 spiro atoms. The first kappa shape index (κ1) is 23.7. The van der Waals surface area contributed by atoms with Gasteiger partial charge in [0.2, 0.25) is 0 Å². The highest BCUT2D eigenvalue weighted by molar-refractivity contribution is 7.11. The van der Waals surface area contributed by atoms with Crippen LogP contribution in [-0.2, 0) is 27.4 Å². The van der Waals surface area contributed by atoms with Gasteiger partial charge in [0.05, 0.1) is 25.9 Å². The number of aliphatic carboxylic acids is 1. The highest BCUT2D eigenvalue weighted by Gasteiger charge is 2.43. The van der Waals surface area contributed by atoms with E-state index in [1.54, 1.807) is 0 Å². The minimum atomic E-state index is -5.08. The van der Waals surface area contributed by atoms with Crippen LogP contribution in [0, 0.1) is 6.92 Å². The maximum atomic E-state index is 10.6. The molecule has 2 aromatic rings. The first-order valence-electron chi connectivity index (χ1n) is 9.96. The van der Waals surface area contributed by atoms with Gasteiger partial charge in [-0.15, -0.1) is 11.3 Å². The summed E-state index contributed by atoms with van der Waals surface area (Å²) in [5.74, 6) is -2.76. The van der Waals surface area contributed by atoms with Crippen molar-refractivity contribution in [1.29, 1.82) is 0 Å². The molecule has 4 rings (SSSR count). The van der Waals surface area contributed by atoms with E-state index in [2.05, 4.69) is 29.1 Å². The Balaban J connectivity index is 0.000000339. The SMILES string of the molecule is Cc1ccc(CN2CCOCC3(CCC(Cn4cccn4)O3)C2)s1.O=C(O)C(F)(F)F. The van der Waals surface area contributed by atoms with Crippen molar-refractivity contribution in [2.24, 2.45) is 0 Å². The number of carboxylic acids is 1. The number of hydrogen-bond acceptors (Lipinski definition) is 6. The Labute approximate surface area is 182 Å². The smallest absolute Gasteiger partial charge is 0.475 e. The topological polar surface area (TPSA) is 76.8 Å². The van der Waals surface area contributed by atoms with Gasteiger partial charge in [0.15, 0.2) is 0 Å². The molecule has 2 atom stereocenters. The molecule has 0 radical (unpaired) electrons. The fraction of sp³-hybridized carbons (Fsp3) is 0.600. The van der Waals surface area contributed by atoms with E-state index in [-0.39, 0.29) is 11.7 Å². The van der Waals surface area contributed by atoms with E-state index in [1.807, 2.05) is 34.5 Å². The molecule has 2 aliphatic rings. The lowest BCUT2D eigenvalue weighted by Gasteiger charge is -2.31. The van der Waals surface area contributed by atoms with Crippen LogP contribution in [0.15, 0.2) is 30.6 Å². The zero-order chi connectivity index (χ0) is 22.5. The summed E-state index contributed by atoms with van der Waals surface area (Å²) < 4.78 is 46.1. The summed E-state index contributed by atoms with van der Waals surface area (Å²) in [6.07, 6.45) is 1.12. The summed E-state index contributed by atoms with van der Waals surface area (Å²) in [7, 11) is 0. The second-order valence-corrected chi connectivity index (χ2v) is 9.14.